The molecule has 0 aromatic rings. The number of likely N-dealkylation sites (N-methyl/N-ethyl adjacent to an activating group) is 1. The average molecular weight is 1030 g/mol. The van der Waals surface area contributed by atoms with Crippen molar-refractivity contribution >= 4 is 17.9 Å². The predicted octanol–water partition coefficient (Wildman–Crippen LogP) is 16.9. The Balaban J connectivity index is 4.22. The number of carbonyl (C=O) groups is 3. The Hall–Kier alpha value is -2.75. The van der Waals surface area contributed by atoms with Crippen LogP contribution in [0.2, 0.25) is 0 Å². The van der Waals surface area contributed by atoms with Gasteiger partial charge in [-0.15, -0.1) is 0 Å². The molecular weight excluding hydrogens is 911 g/mol. The molecule has 9 nitrogen and oxygen atoms in total. The van der Waals surface area contributed by atoms with E-state index >= 15 is 0 Å². The fourth-order valence-electron chi connectivity index (χ4n) is 8.78. The number of rotatable bonds is 57. The van der Waals surface area contributed by atoms with E-state index in [2.05, 4.69) is 62.5 Å². The second-order valence-electron chi connectivity index (χ2n) is 22.0. The molecule has 2 atom stereocenters. The third kappa shape index (κ3) is 56.8. The molecule has 0 saturated heterocycles. The zero-order chi connectivity index (χ0) is 53.4. The van der Waals surface area contributed by atoms with Crippen LogP contribution in [0.3, 0.4) is 0 Å². The molecule has 0 rings (SSSR count). The van der Waals surface area contributed by atoms with Gasteiger partial charge in [0, 0.05) is 12.8 Å². The van der Waals surface area contributed by atoms with Gasteiger partial charge in [-0.05, 0) is 77.0 Å². The molecule has 2 unspecified atom stereocenters. The Morgan fingerprint density at radius 1 is 0.411 bits per heavy atom. The lowest BCUT2D eigenvalue weighted by Crippen LogP contribution is -2.44. The highest BCUT2D eigenvalue weighted by Gasteiger charge is 2.22. The number of carbonyl (C=O) groups excluding carboxylic acids is 3. The average Bonchev–Trinajstić information content (AvgIpc) is 3.36. The van der Waals surface area contributed by atoms with Crippen molar-refractivity contribution in [3.63, 3.8) is 0 Å². The molecule has 73 heavy (non-hydrogen) atoms. The number of hydrogen-bond acceptors (Lipinski definition) is 8. The molecule has 0 fully saturated rings. The highest BCUT2D eigenvalue weighted by atomic mass is 16.7. The van der Waals surface area contributed by atoms with E-state index in [1.165, 1.54) is 193 Å². The lowest BCUT2D eigenvalue weighted by molar-refractivity contribution is -0.870. The molecule has 0 aromatic carbocycles. The van der Waals surface area contributed by atoms with Crippen LogP contribution >= 0.6 is 0 Å². The molecule has 0 spiro atoms. The van der Waals surface area contributed by atoms with Gasteiger partial charge in [0.2, 0.25) is 0 Å². The van der Waals surface area contributed by atoms with Gasteiger partial charge >= 0.3 is 11.9 Å². The second-order valence-corrected chi connectivity index (χ2v) is 22.0. The van der Waals surface area contributed by atoms with Crippen molar-refractivity contribution in [3.8, 4) is 0 Å². The summed E-state index contributed by atoms with van der Waals surface area (Å²) < 4.78 is 22.7. The van der Waals surface area contributed by atoms with E-state index in [-0.39, 0.29) is 32.2 Å². The van der Waals surface area contributed by atoms with Gasteiger partial charge in [0.25, 0.3) is 0 Å². The van der Waals surface area contributed by atoms with E-state index in [1.54, 1.807) is 0 Å². The first-order valence-corrected chi connectivity index (χ1v) is 30.8. The summed E-state index contributed by atoms with van der Waals surface area (Å²) in [5.41, 5.74) is 0. The first-order chi connectivity index (χ1) is 35.6. The summed E-state index contributed by atoms with van der Waals surface area (Å²) in [6.07, 6.45) is 65.9. The third-order valence-electron chi connectivity index (χ3n) is 13.5. The van der Waals surface area contributed by atoms with Gasteiger partial charge in [-0.25, -0.2) is 0 Å². The van der Waals surface area contributed by atoms with E-state index in [9.17, 15) is 19.5 Å². The Morgan fingerprint density at radius 2 is 0.740 bits per heavy atom. The molecule has 0 aromatic heterocycles. The molecule has 0 saturated carbocycles. The SMILES string of the molecule is CCCCCCC/C=C\C/C=C\C/C=C\CCCCCCCCCCCCC(=O)OC(COC(=O)CCCCCCCCCCCCC/C=C\CCCCCCCCCC)COC(OCC[N+](C)(C)C)C(=O)[O-]. The van der Waals surface area contributed by atoms with Gasteiger partial charge in [0.1, 0.15) is 13.2 Å². The molecule has 0 radical (unpaired) electrons. The van der Waals surface area contributed by atoms with Gasteiger partial charge in [-0.3, -0.25) is 9.59 Å². The molecular formula is C64H117NO8. The molecule has 426 valence electrons. The van der Waals surface area contributed by atoms with Crippen molar-refractivity contribution < 1.29 is 42.9 Å². The molecule has 0 bridgehead atoms. The minimum Gasteiger partial charge on any atom is -0.545 e. The number of allylic oxidation sites excluding steroid dienone is 8. The topological polar surface area (TPSA) is 111 Å². The summed E-state index contributed by atoms with van der Waals surface area (Å²) in [5, 5.41) is 11.8. The summed E-state index contributed by atoms with van der Waals surface area (Å²) in [4.78, 5) is 37.4. The van der Waals surface area contributed by atoms with E-state index in [0.29, 0.717) is 23.9 Å². The summed E-state index contributed by atoms with van der Waals surface area (Å²) in [6.45, 7) is 4.76. The number of carboxylic acid groups (broad SMARTS) is 1. The molecule has 0 aliphatic heterocycles. The maximum absolute atomic E-state index is 12.9. The van der Waals surface area contributed by atoms with Crippen LogP contribution < -0.4 is 5.11 Å². The molecule has 0 aliphatic carbocycles. The van der Waals surface area contributed by atoms with Crippen LogP contribution in [0.4, 0.5) is 0 Å². The van der Waals surface area contributed by atoms with Crippen molar-refractivity contribution in [1.29, 1.82) is 0 Å². The summed E-state index contributed by atoms with van der Waals surface area (Å²) in [5.74, 6) is -2.28. The maximum Gasteiger partial charge on any atom is 0.306 e. The quantitative estimate of drug-likeness (QED) is 0.0195. The molecule has 9 heteroatoms. The number of esters is 2. The lowest BCUT2D eigenvalue weighted by Gasteiger charge is -2.26. The zero-order valence-electron chi connectivity index (χ0n) is 48.5. The number of quaternary nitrogens is 1. The van der Waals surface area contributed by atoms with Crippen molar-refractivity contribution in [1.82, 2.24) is 0 Å². The first-order valence-electron chi connectivity index (χ1n) is 30.8. The van der Waals surface area contributed by atoms with Gasteiger partial charge in [-0.1, -0.05) is 242 Å². The molecule has 0 heterocycles. The van der Waals surface area contributed by atoms with Crippen LogP contribution in [0.1, 0.15) is 284 Å². The fraction of sp³-hybridized carbons (Fsp3) is 0.828. The van der Waals surface area contributed by atoms with Crippen LogP contribution in [-0.2, 0) is 33.3 Å². The number of nitrogens with zero attached hydrogens (tertiary/aromatic N) is 1. The van der Waals surface area contributed by atoms with Gasteiger partial charge in [0.05, 0.1) is 40.3 Å². The van der Waals surface area contributed by atoms with Crippen LogP contribution in [0, 0.1) is 0 Å². The maximum atomic E-state index is 12.9. The molecule has 0 N–H and O–H groups in total. The van der Waals surface area contributed by atoms with Gasteiger partial charge in [-0.2, -0.15) is 0 Å². The predicted molar refractivity (Wildman–Crippen MR) is 306 cm³/mol. The highest BCUT2D eigenvalue weighted by Crippen LogP contribution is 2.16. The standard InChI is InChI=1S/C64H117NO8/c1-6-8-10-12-14-16-18-20-22-24-26-28-30-31-33-35-37-39-41-43-45-47-49-51-53-55-62(67)73-60(59-72-64(63(68)69)70-57-56-65(3,4)5)58-71-61(66)54-52-50-48-46-44-42-40-38-36-34-32-29-27-25-23-21-19-17-15-13-11-9-7-2/h18,20,24-27,30-31,60,64H,6-17,19,21-23,28-29,32-59H2,1-5H3/b20-18-,26-24-,27-25-,31-30-. The van der Waals surface area contributed by atoms with E-state index < -0.39 is 24.3 Å². The van der Waals surface area contributed by atoms with Crippen LogP contribution in [0.5, 0.6) is 0 Å². The minimum atomic E-state index is -1.62. The normalized spacial score (nSPS) is 13.1. The van der Waals surface area contributed by atoms with Crippen LogP contribution in [0.15, 0.2) is 48.6 Å². The molecule has 0 aliphatic rings. The Morgan fingerprint density at radius 3 is 1.11 bits per heavy atom. The van der Waals surface area contributed by atoms with Crippen LogP contribution in [-0.4, -0.2) is 82.3 Å². The summed E-state index contributed by atoms with van der Waals surface area (Å²) >= 11 is 0. The summed E-state index contributed by atoms with van der Waals surface area (Å²) in [7, 11) is 5.93. The Kier molecular flexibility index (Phi) is 53.4. The number of unbranched alkanes of at least 4 members (excludes halogenated alkanes) is 34. The monoisotopic (exact) mass is 1030 g/mol. The van der Waals surface area contributed by atoms with E-state index in [1.807, 2.05) is 21.1 Å². The second kappa shape index (κ2) is 55.5. The van der Waals surface area contributed by atoms with Crippen molar-refractivity contribution in [2.75, 3.05) is 47.5 Å². The van der Waals surface area contributed by atoms with Gasteiger partial charge in [0.15, 0.2) is 12.4 Å². The zero-order valence-corrected chi connectivity index (χ0v) is 48.5. The number of hydrogen-bond donors (Lipinski definition) is 0. The third-order valence-corrected chi connectivity index (χ3v) is 13.5. The number of carboxylic acids is 1. The summed E-state index contributed by atoms with van der Waals surface area (Å²) in [6, 6.07) is 0. The lowest BCUT2D eigenvalue weighted by atomic mass is 10.0. The van der Waals surface area contributed by atoms with Gasteiger partial charge < -0.3 is 33.3 Å². The fourth-order valence-corrected chi connectivity index (χ4v) is 8.78. The number of ether oxygens (including phenoxy) is 4. The first kappa shape index (κ1) is 70.2. The number of aliphatic carboxylic acids is 1. The highest BCUT2D eigenvalue weighted by molar-refractivity contribution is 5.70. The van der Waals surface area contributed by atoms with Crippen molar-refractivity contribution in [3.05, 3.63) is 48.6 Å². The largest absolute Gasteiger partial charge is 0.545 e. The van der Waals surface area contributed by atoms with Crippen molar-refractivity contribution in [2.24, 2.45) is 0 Å². The van der Waals surface area contributed by atoms with Crippen molar-refractivity contribution in [2.45, 2.75) is 296 Å². The molecule has 0 amide bonds. The van der Waals surface area contributed by atoms with Crippen LogP contribution in [0.25, 0.3) is 0 Å². The smallest absolute Gasteiger partial charge is 0.306 e. The minimum absolute atomic E-state index is 0.147. The van der Waals surface area contributed by atoms with E-state index in [0.717, 1.165) is 57.8 Å². The Bertz CT molecular complexity index is 1340. The van der Waals surface area contributed by atoms with E-state index in [4.69, 9.17) is 18.9 Å². The Labute approximate surface area is 451 Å².